The van der Waals surface area contributed by atoms with Gasteiger partial charge in [-0.3, -0.25) is 9.69 Å². The number of carbonyl (C=O) groups excluding carboxylic acids is 1. The molecule has 0 unspecified atom stereocenters. The summed E-state index contributed by atoms with van der Waals surface area (Å²) in [6.07, 6.45) is 0. The van der Waals surface area contributed by atoms with E-state index in [2.05, 4.69) is 11.0 Å². The zero-order valence-corrected chi connectivity index (χ0v) is 13.9. The van der Waals surface area contributed by atoms with Gasteiger partial charge in [0.1, 0.15) is 0 Å². The van der Waals surface area contributed by atoms with E-state index < -0.39 is 0 Å². The maximum Gasteiger partial charge on any atom is 0.194 e. The number of hydrogen-bond donors (Lipinski definition) is 0. The molecule has 114 valence electrons. The van der Waals surface area contributed by atoms with E-state index in [1.165, 1.54) is 17.1 Å². The normalized spacial score (nSPS) is 15.7. The number of thioether (sulfide) groups is 1. The highest BCUT2D eigenvalue weighted by molar-refractivity contribution is 7.99. The van der Waals surface area contributed by atoms with E-state index in [1.807, 2.05) is 42.1 Å². The molecule has 1 aliphatic heterocycles. The van der Waals surface area contributed by atoms with Crippen LogP contribution in [-0.4, -0.2) is 35.3 Å². The zero-order valence-electron chi connectivity index (χ0n) is 12.3. The molecule has 2 nitrogen and oxygen atoms in total. The topological polar surface area (TPSA) is 20.3 Å². The molecule has 0 atom stereocenters. The molecule has 0 bridgehead atoms. The van der Waals surface area contributed by atoms with Gasteiger partial charge in [-0.05, 0) is 23.8 Å². The van der Waals surface area contributed by atoms with E-state index >= 15 is 0 Å². The van der Waals surface area contributed by atoms with Crippen LogP contribution in [0.1, 0.15) is 21.5 Å². The van der Waals surface area contributed by atoms with Gasteiger partial charge >= 0.3 is 0 Å². The van der Waals surface area contributed by atoms with Crippen LogP contribution in [0.25, 0.3) is 0 Å². The van der Waals surface area contributed by atoms with Gasteiger partial charge in [0.25, 0.3) is 0 Å². The summed E-state index contributed by atoms with van der Waals surface area (Å²) in [5.74, 6) is 2.37. The first-order valence-electron chi connectivity index (χ1n) is 7.42. The predicted octanol–water partition coefficient (Wildman–Crippen LogP) is 4.12. The third-order valence-electron chi connectivity index (χ3n) is 3.82. The first-order chi connectivity index (χ1) is 10.7. The van der Waals surface area contributed by atoms with E-state index in [9.17, 15) is 4.79 Å². The van der Waals surface area contributed by atoms with Crippen molar-refractivity contribution in [2.24, 2.45) is 0 Å². The van der Waals surface area contributed by atoms with E-state index in [0.29, 0.717) is 16.1 Å². The summed E-state index contributed by atoms with van der Waals surface area (Å²) >= 11 is 8.14. The van der Waals surface area contributed by atoms with Gasteiger partial charge in [-0.25, -0.2) is 0 Å². The summed E-state index contributed by atoms with van der Waals surface area (Å²) in [5.41, 5.74) is 2.46. The molecule has 0 aromatic heterocycles. The number of halogens is 1. The second-order valence-electron chi connectivity index (χ2n) is 5.40. The average Bonchev–Trinajstić information content (AvgIpc) is 2.56. The molecule has 2 aromatic rings. The van der Waals surface area contributed by atoms with Crippen molar-refractivity contribution < 1.29 is 4.79 Å². The standard InChI is InChI=1S/C18H18ClNOS/c19-17-7-2-1-6-16(17)18(21)15-5-3-4-14(12-15)13-20-8-10-22-11-9-20/h1-7,12H,8-11,13H2. The minimum atomic E-state index is -0.0124. The molecule has 0 amide bonds. The lowest BCUT2D eigenvalue weighted by Crippen LogP contribution is -2.31. The van der Waals surface area contributed by atoms with Crippen molar-refractivity contribution in [3.63, 3.8) is 0 Å². The highest BCUT2D eigenvalue weighted by Gasteiger charge is 2.14. The molecule has 0 spiro atoms. The molecule has 22 heavy (non-hydrogen) atoms. The van der Waals surface area contributed by atoms with Crippen molar-refractivity contribution in [1.29, 1.82) is 0 Å². The lowest BCUT2D eigenvalue weighted by atomic mass is 10.0. The van der Waals surface area contributed by atoms with Crippen LogP contribution in [-0.2, 0) is 6.54 Å². The van der Waals surface area contributed by atoms with Crippen molar-refractivity contribution in [2.75, 3.05) is 24.6 Å². The Morgan fingerprint density at radius 1 is 1.09 bits per heavy atom. The summed E-state index contributed by atoms with van der Waals surface area (Å²) in [7, 11) is 0. The van der Waals surface area contributed by atoms with Crippen molar-refractivity contribution in [2.45, 2.75) is 6.54 Å². The number of nitrogens with zero attached hydrogens (tertiary/aromatic N) is 1. The van der Waals surface area contributed by atoms with Crippen LogP contribution in [0.4, 0.5) is 0 Å². The van der Waals surface area contributed by atoms with Gasteiger partial charge in [-0.1, -0.05) is 41.9 Å². The third kappa shape index (κ3) is 3.72. The molecular formula is C18H18ClNOS. The fraction of sp³-hybridized carbons (Fsp3) is 0.278. The Hall–Kier alpha value is -1.29. The number of benzene rings is 2. The third-order valence-corrected chi connectivity index (χ3v) is 5.09. The average molecular weight is 332 g/mol. The second-order valence-corrected chi connectivity index (χ2v) is 7.03. The van der Waals surface area contributed by atoms with Crippen molar-refractivity contribution in [3.8, 4) is 0 Å². The Labute approximate surface area is 140 Å². The molecular weight excluding hydrogens is 314 g/mol. The van der Waals surface area contributed by atoms with Crippen LogP contribution >= 0.6 is 23.4 Å². The minimum Gasteiger partial charge on any atom is -0.297 e. The maximum absolute atomic E-state index is 12.6. The van der Waals surface area contributed by atoms with Crippen LogP contribution < -0.4 is 0 Å². The van der Waals surface area contributed by atoms with Gasteiger partial charge in [-0.2, -0.15) is 11.8 Å². The highest BCUT2D eigenvalue weighted by atomic mass is 35.5. The number of hydrogen-bond acceptors (Lipinski definition) is 3. The van der Waals surface area contributed by atoms with Gasteiger partial charge in [0, 0.05) is 42.3 Å². The van der Waals surface area contributed by atoms with Gasteiger partial charge in [0.05, 0.1) is 5.02 Å². The number of ketones is 1. The van der Waals surface area contributed by atoms with Crippen LogP contribution in [0.15, 0.2) is 48.5 Å². The lowest BCUT2D eigenvalue weighted by Gasteiger charge is -2.26. The number of rotatable bonds is 4. The molecule has 1 saturated heterocycles. The van der Waals surface area contributed by atoms with E-state index in [4.69, 9.17) is 11.6 Å². The summed E-state index contributed by atoms with van der Waals surface area (Å²) in [4.78, 5) is 15.1. The largest absolute Gasteiger partial charge is 0.297 e. The summed E-state index contributed by atoms with van der Waals surface area (Å²) in [6, 6.07) is 15.1. The first-order valence-corrected chi connectivity index (χ1v) is 8.95. The molecule has 4 heteroatoms. The molecule has 0 N–H and O–H groups in total. The van der Waals surface area contributed by atoms with Crippen LogP contribution in [0.5, 0.6) is 0 Å². The Morgan fingerprint density at radius 3 is 2.64 bits per heavy atom. The van der Waals surface area contributed by atoms with Gasteiger partial charge in [-0.15, -0.1) is 0 Å². The molecule has 3 rings (SSSR count). The predicted molar refractivity (Wildman–Crippen MR) is 93.9 cm³/mol. The molecule has 0 aliphatic carbocycles. The molecule has 1 heterocycles. The fourth-order valence-corrected chi connectivity index (χ4v) is 3.83. The minimum absolute atomic E-state index is 0.0124. The van der Waals surface area contributed by atoms with Crippen LogP contribution in [0, 0.1) is 0 Å². The fourth-order valence-electron chi connectivity index (χ4n) is 2.63. The van der Waals surface area contributed by atoms with E-state index in [1.54, 1.807) is 12.1 Å². The zero-order chi connectivity index (χ0) is 15.4. The lowest BCUT2D eigenvalue weighted by molar-refractivity contribution is 0.103. The molecule has 0 saturated carbocycles. The Kier molecular flexibility index (Phi) is 5.19. The van der Waals surface area contributed by atoms with Crippen molar-refractivity contribution in [1.82, 2.24) is 4.90 Å². The smallest absolute Gasteiger partial charge is 0.194 e. The highest BCUT2D eigenvalue weighted by Crippen LogP contribution is 2.20. The summed E-state index contributed by atoms with van der Waals surface area (Å²) < 4.78 is 0. The van der Waals surface area contributed by atoms with Crippen molar-refractivity contribution in [3.05, 3.63) is 70.2 Å². The number of carbonyl (C=O) groups is 1. The van der Waals surface area contributed by atoms with Crippen LogP contribution in [0.3, 0.4) is 0 Å². The first kappa shape index (κ1) is 15.6. The Bertz CT molecular complexity index is 668. The van der Waals surface area contributed by atoms with E-state index in [-0.39, 0.29) is 5.78 Å². The van der Waals surface area contributed by atoms with E-state index in [0.717, 1.165) is 19.6 Å². The molecule has 0 radical (unpaired) electrons. The van der Waals surface area contributed by atoms with Crippen molar-refractivity contribution >= 4 is 29.1 Å². The Balaban J connectivity index is 1.78. The molecule has 1 fully saturated rings. The molecule has 2 aromatic carbocycles. The maximum atomic E-state index is 12.6. The van der Waals surface area contributed by atoms with Gasteiger partial charge in [0.2, 0.25) is 0 Å². The summed E-state index contributed by atoms with van der Waals surface area (Å²) in [5, 5.41) is 0.506. The molecule has 1 aliphatic rings. The second kappa shape index (κ2) is 7.32. The quantitative estimate of drug-likeness (QED) is 0.786. The monoisotopic (exact) mass is 331 g/mol. The van der Waals surface area contributed by atoms with Crippen LogP contribution in [0.2, 0.25) is 5.02 Å². The Morgan fingerprint density at radius 2 is 1.86 bits per heavy atom. The summed E-state index contributed by atoms with van der Waals surface area (Å²) in [6.45, 7) is 3.14. The van der Waals surface area contributed by atoms with Gasteiger partial charge in [0.15, 0.2) is 5.78 Å². The van der Waals surface area contributed by atoms with Gasteiger partial charge < -0.3 is 0 Å². The SMILES string of the molecule is O=C(c1cccc(CN2CCSCC2)c1)c1ccccc1Cl.